The molecule has 15 heavy (non-hydrogen) atoms. The van der Waals surface area contributed by atoms with Crippen LogP contribution in [0.1, 0.15) is 27.0 Å². The molecule has 0 heterocycles. The Hall–Kier alpha value is 0.0800. The van der Waals surface area contributed by atoms with Gasteiger partial charge in [-0.15, -0.1) is 0 Å². The Morgan fingerprint density at radius 2 is 1.60 bits per heavy atom. The molecule has 1 atom stereocenters. The molecular weight excluding hydrogens is 222 g/mol. The fourth-order valence-electron chi connectivity index (χ4n) is 1.65. The summed E-state index contributed by atoms with van der Waals surface area (Å²) in [5.74, 6) is 0. The van der Waals surface area contributed by atoms with Crippen LogP contribution in [0.2, 0.25) is 0 Å². The van der Waals surface area contributed by atoms with E-state index in [0.717, 1.165) is 16.7 Å². The van der Waals surface area contributed by atoms with Gasteiger partial charge in [0.1, 0.15) is 0 Å². The van der Waals surface area contributed by atoms with Crippen LogP contribution in [0, 0.1) is 20.8 Å². The first kappa shape index (κ1) is 15.1. The Morgan fingerprint density at radius 1 is 1.20 bits per heavy atom. The Bertz CT molecular complexity index is 392. The fourth-order valence-corrected chi connectivity index (χ4v) is 2.25. The first-order chi connectivity index (χ1) is 6.43. The van der Waals surface area contributed by atoms with Gasteiger partial charge >= 0.3 is 29.6 Å². The van der Waals surface area contributed by atoms with Gasteiger partial charge in [-0.25, -0.2) is 0 Å². The molecule has 0 aliphatic heterocycles. The Kier molecular flexibility index (Phi) is 6.01. The Morgan fingerprint density at radius 3 is 1.93 bits per heavy atom. The first-order valence-corrected chi connectivity index (χ1v) is 5.64. The topological polar surface area (TPSA) is 54.4 Å². The summed E-state index contributed by atoms with van der Waals surface area (Å²) in [6.07, 6.45) is 0. The quantitative estimate of drug-likeness (QED) is 0.626. The molecule has 1 unspecified atom stereocenters. The monoisotopic (exact) mass is 236 g/mol. The first-order valence-electron chi connectivity index (χ1n) is 4.29. The molecule has 78 valence electrons. The van der Waals surface area contributed by atoms with E-state index in [1.54, 1.807) is 13.8 Å². The van der Waals surface area contributed by atoms with Crippen molar-refractivity contribution in [2.24, 2.45) is 0 Å². The number of aryl methyl sites for hydroxylation is 3. The summed E-state index contributed by atoms with van der Waals surface area (Å²) in [6.45, 7) is 5.48. The zero-order chi connectivity index (χ0) is 10.9. The number of hydrogen-bond acceptors (Lipinski definition) is 2. The Labute approximate surface area is 112 Å². The van der Waals surface area contributed by atoms with Crippen molar-refractivity contribution >= 4 is 43.1 Å². The van der Waals surface area contributed by atoms with Crippen molar-refractivity contribution in [3.63, 3.8) is 0 Å². The van der Waals surface area contributed by atoms with Crippen molar-refractivity contribution < 1.29 is 14.3 Å². The van der Waals surface area contributed by atoms with E-state index in [-0.39, 0.29) is 29.6 Å². The Balaban J connectivity index is 0.00000196. The van der Waals surface area contributed by atoms with Gasteiger partial charge in [0.2, 0.25) is 5.52 Å². The van der Waals surface area contributed by atoms with Gasteiger partial charge in [-0.2, -0.15) is 0 Å². The molecule has 0 aliphatic carbocycles. The van der Waals surface area contributed by atoms with Crippen LogP contribution >= 0.6 is 8.03 Å². The van der Waals surface area contributed by atoms with Crippen molar-refractivity contribution in [1.29, 1.82) is 0 Å². The summed E-state index contributed by atoms with van der Waals surface area (Å²) in [5.41, 5.74) is 2.32. The van der Waals surface area contributed by atoms with Gasteiger partial charge in [-0.3, -0.25) is 9.36 Å². The van der Waals surface area contributed by atoms with Crippen molar-refractivity contribution in [1.82, 2.24) is 0 Å². The summed E-state index contributed by atoms with van der Waals surface area (Å²) in [5, 5.41) is 0. The molecule has 1 aromatic carbocycles. The molecule has 0 saturated heterocycles. The average Bonchev–Trinajstić information content (AvgIpc) is 2.01. The third-order valence-electron chi connectivity index (χ3n) is 2.10. The van der Waals surface area contributed by atoms with Gasteiger partial charge in [0, 0.05) is 5.56 Å². The van der Waals surface area contributed by atoms with Gasteiger partial charge in [0.05, 0.1) is 0 Å². The summed E-state index contributed by atoms with van der Waals surface area (Å²) in [7, 11) is -3.11. The molecule has 0 fully saturated rings. The molecule has 0 spiro atoms. The van der Waals surface area contributed by atoms with Crippen LogP contribution in [0.3, 0.4) is 0 Å². The van der Waals surface area contributed by atoms with Crippen LogP contribution in [-0.4, -0.2) is 40.0 Å². The van der Waals surface area contributed by atoms with Crippen LogP contribution < -0.4 is 0 Å². The van der Waals surface area contributed by atoms with E-state index in [1.165, 1.54) is 0 Å². The van der Waals surface area contributed by atoms with E-state index in [1.807, 2.05) is 19.1 Å². The number of hydrogen-bond donors (Lipinski definition) is 1. The normalized spacial score (nSPS) is 11.7. The summed E-state index contributed by atoms with van der Waals surface area (Å²) >= 11 is 0. The van der Waals surface area contributed by atoms with Crippen molar-refractivity contribution in [3.05, 3.63) is 34.4 Å². The molecule has 0 aliphatic rings. The summed E-state index contributed by atoms with van der Waals surface area (Å²) in [4.78, 5) is 20.2. The number of carbonyl (C=O) groups is 1. The van der Waals surface area contributed by atoms with Gasteiger partial charge in [-0.1, -0.05) is 17.7 Å². The molecule has 0 aromatic heterocycles. The molecular formula is C10H14NaO3P. The minimum atomic E-state index is -3.11. The second kappa shape index (κ2) is 5.97. The molecule has 1 N–H and O–H groups in total. The van der Waals surface area contributed by atoms with E-state index >= 15 is 0 Å². The van der Waals surface area contributed by atoms with Crippen LogP contribution in [-0.2, 0) is 4.57 Å². The van der Waals surface area contributed by atoms with Gasteiger partial charge in [0.15, 0.2) is 0 Å². The zero-order valence-electron chi connectivity index (χ0n) is 8.42. The SMILES string of the molecule is Cc1cc(C)c(C(=O)[PH](=O)O)c(C)c1.[NaH]. The minimum absolute atomic E-state index is 0. The molecule has 1 rings (SSSR count). The van der Waals surface area contributed by atoms with E-state index in [9.17, 15) is 9.36 Å². The third kappa shape index (κ3) is 3.54. The maximum atomic E-state index is 11.4. The number of rotatable bonds is 2. The molecule has 0 saturated carbocycles. The second-order valence-corrected chi connectivity index (χ2v) is 4.47. The number of carbonyl (C=O) groups excluding carboxylic acids is 1. The molecule has 0 radical (unpaired) electrons. The van der Waals surface area contributed by atoms with E-state index < -0.39 is 13.6 Å². The summed E-state index contributed by atoms with van der Waals surface area (Å²) < 4.78 is 10.7. The predicted octanol–water partition coefficient (Wildman–Crippen LogP) is 1.57. The third-order valence-corrected chi connectivity index (χ3v) is 2.74. The van der Waals surface area contributed by atoms with Gasteiger partial charge in [0.25, 0.3) is 8.03 Å². The average molecular weight is 236 g/mol. The maximum absolute atomic E-state index is 11.4. The summed E-state index contributed by atoms with van der Waals surface area (Å²) in [6, 6.07) is 3.68. The van der Waals surface area contributed by atoms with E-state index in [0.29, 0.717) is 5.56 Å². The standard InChI is InChI=1S/C10H13O3P.Na.H/c1-6-4-7(2)9(8(3)5-6)10(11)14(12)13;;/h4-5,14H,1-3H3,(H,12,13);;. The molecule has 0 bridgehead atoms. The van der Waals surface area contributed by atoms with Crippen molar-refractivity contribution in [2.75, 3.05) is 0 Å². The molecule has 5 heteroatoms. The van der Waals surface area contributed by atoms with Crippen molar-refractivity contribution in [2.45, 2.75) is 20.8 Å². The van der Waals surface area contributed by atoms with Gasteiger partial charge in [-0.05, 0) is 31.9 Å². The molecule has 3 nitrogen and oxygen atoms in total. The zero-order valence-corrected chi connectivity index (χ0v) is 9.42. The van der Waals surface area contributed by atoms with Crippen LogP contribution in [0.5, 0.6) is 0 Å². The second-order valence-electron chi connectivity index (χ2n) is 3.41. The van der Waals surface area contributed by atoms with Gasteiger partial charge < -0.3 is 4.89 Å². The van der Waals surface area contributed by atoms with Crippen molar-refractivity contribution in [3.8, 4) is 0 Å². The number of benzene rings is 1. The van der Waals surface area contributed by atoms with Crippen LogP contribution in [0.4, 0.5) is 0 Å². The molecule has 1 aromatic rings. The van der Waals surface area contributed by atoms with Crippen LogP contribution in [0.25, 0.3) is 0 Å². The van der Waals surface area contributed by atoms with E-state index in [4.69, 9.17) is 4.89 Å². The fraction of sp³-hybridized carbons (Fsp3) is 0.300. The van der Waals surface area contributed by atoms with E-state index in [2.05, 4.69) is 0 Å². The van der Waals surface area contributed by atoms with Crippen LogP contribution in [0.15, 0.2) is 12.1 Å². The predicted molar refractivity (Wildman–Crippen MR) is 63.4 cm³/mol. The molecule has 0 amide bonds.